The van der Waals surface area contributed by atoms with Gasteiger partial charge >= 0.3 is 6.18 Å². The van der Waals surface area contributed by atoms with Gasteiger partial charge in [0, 0.05) is 9.75 Å². The highest BCUT2D eigenvalue weighted by atomic mass is 32.1. The minimum absolute atomic E-state index is 0.139. The third-order valence-corrected chi connectivity index (χ3v) is 7.18. The molecule has 0 aliphatic carbocycles. The zero-order valence-electron chi connectivity index (χ0n) is 21.8. The SMILES string of the molecule is CC(C)(C)Oc1ccc(CCC(OCc2ccccc2)c2ccc(-c3ccc(C(F)(F)F)cc3)s2)c(F)c1F. The fourth-order valence-electron chi connectivity index (χ4n) is 4.04. The lowest BCUT2D eigenvalue weighted by molar-refractivity contribution is -0.137. The van der Waals surface area contributed by atoms with Crippen molar-refractivity contribution in [1.29, 1.82) is 0 Å². The summed E-state index contributed by atoms with van der Waals surface area (Å²) in [4.78, 5) is 1.63. The second kappa shape index (κ2) is 11.9. The van der Waals surface area contributed by atoms with Gasteiger partial charge in [-0.25, -0.2) is 4.39 Å². The van der Waals surface area contributed by atoms with Gasteiger partial charge in [-0.2, -0.15) is 17.6 Å². The van der Waals surface area contributed by atoms with Crippen molar-refractivity contribution in [1.82, 2.24) is 0 Å². The Bertz CT molecular complexity index is 1370. The fraction of sp³-hybridized carbons (Fsp3) is 0.290. The first-order valence-electron chi connectivity index (χ1n) is 12.5. The summed E-state index contributed by atoms with van der Waals surface area (Å²) >= 11 is 1.40. The molecule has 0 aliphatic rings. The Hall–Kier alpha value is -3.23. The highest BCUT2D eigenvalue weighted by Crippen LogP contribution is 2.37. The topological polar surface area (TPSA) is 18.5 Å². The number of aryl methyl sites for hydroxylation is 1. The van der Waals surface area contributed by atoms with Crippen LogP contribution in [0.2, 0.25) is 0 Å². The Balaban J connectivity index is 1.54. The van der Waals surface area contributed by atoms with E-state index in [-0.39, 0.29) is 17.7 Å². The molecule has 206 valence electrons. The van der Waals surface area contributed by atoms with Crippen molar-refractivity contribution in [3.8, 4) is 16.2 Å². The summed E-state index contributed by atoms with van der Waals surface area (Å²) in [5.74, 6) is -2.11. The summed E-state index contributed by atoms with van der Waals surface area (Å²) in [6, 6.07) is 21.2. The van der Waals surface area contributed by atoms with E-state index in [4.69, 9.17) is 9.47 Å². The summed E-state index contributed by atoms with van der Waals surface area (Å²) in [6.07, 6.45) is -4.26. The van der Waals surface area contributed by atoms with Gasteiger partial charge in [-0.05, 0) is 80.6 Å². The molecule has 0 bridgehead atoms. The van der Waals surface area contributed by atoms with Crippen LogP contribution in [0.5, 0.6) is 5.75 Å². The first-order chi connectivity index (χ1) is 18.4. The Morgan fingerprint density at radius 3 is 2.13 bits per heavy atom. The second-order valence-electron chi connectivity index (χ2n) is 10.2. The molecule has 39 heavy (non-hydrogen) atoms. The van der Waals surface area contributed by atoms with Crippen LogP contribution in [-0.4, -0.2) is 5.60 Å². The average molecular weight is 561 g/mol. The predicted molar refractivity (Wildman–Crippen MR) is 144 cm³/mol. The lowest BCUT2D eigenvalue weighted by Gasteiger charge is -2.22. The maximum Gasteiger partial charge on any atom is 0.416 e. The molecule has 1 unspecified atom stereocenters. The first kappa shape index (κ1) is 28.8. The van der Waals surface area contributed by atoms with Gasteiger partial charge in [0.25, 0.3) is 0 Å². The summed E-state index contributed by atoms with van der Waals surface area (Å²) in [5, 5.41) is 0. The monoisotopic (exact) mass is 560 g/mol. The maximum absolute atomic E-state index is 14.9. The van der Waals surface area contributed by atoms with Crippen molar-refractivity contribution < 1.29 is 31.4 Å². The number of benzene rings is 3. The Kier molecular flexibility index (Phi) is 8.76. The first-order valence-corrected chi connectivity index (χ1v) is 13.3. The molecule has 0 N–H and O–H groups in total. The van der Waals surface area contributed by atoms with E-state index in [9.17, 15) is 22.0 Å². The molecule has 0 saturated heterocycles. The van der Waals surface area contributed by atoms with E-state index >= 15 is 0 Å². The molecule has 2 nitrogen and oxygen atoms in total. The van der Waals surface area contributed by atoms with Crippen LogP contribution in [0.3, 0.4) is 0 Å². The van der Waals surface area contributed by atoms with Crippen molar-refractivity contribution in [2.24, 2.45) is 0 Å². The van der Waals surface area contributed by atoms with E-state index in [0.29, 0.717) is 18.6 Å². The van der Waals surface area contributed by atoms with Crippen LogP contribution in [-0.2, 0) is 23.9 Å². The quantitative estimate of drug-likeness (QED) is 0.190. The molecule has 8 heteroatoms. The molecule has 0 fully saturated rings. The van der Waals surface area contributed by atoms with E-state index < -0.39 is 35.1 Å². The minimum atomic E-state index is -4.40. The van der Waals surface area contributed by atoms with E-state index in [0.717, 1.165) is 27.5 Å². The third kappa shape index (κ3) is 7.67. The number of ether oxygens (including phenoxy) is 2. The normalized spacial score (nSPS) is 12.9. The molecule has 0 amide bonds. The Morgan fingerprint density at radius 2 is 1.49 bits per heavy atom. The van der Waals surface area contributed by atoms with Gasteiger partial charge in [0.2, 0.25) is 5.82 Å². The van der Waals surface area contributed by atoms with Crippen LogP contribution < -0.4 is 4.74 Å². The van der Waals surface area contributed by atoms with Crippen LogP contribution in [0.25, 0.3) is 10.4 Å². The molecule has 0 aliphatic heterocycles. The average Bonchev–Trinajstić information content (AvgIpc) is 3.37. The zero-order chi connectivity index (χ0) is 28.2. The molecule has 4 rings (SSSR count). The summed E-state index contributed by atoms with van der Waals surface area (Å²) in [7, 11) is 0. The highest BCUT2D eigenvalue weighted by Gasteiger charge is 2.30. The lowest BCUT2D eigenvalue weighted by Crippen LogP contribution is -2.23. The number of thiophene rings is 1. The maximum atomic E-state index is 14.9. The third-order valence-electron chi connectivity index (χ3n) is 5.95. The molecular weight excluding hydrogens is 531 g/mol. The lowest BCUT2D eigenvalue weighted by atomic mass is 10.0. The van der Waals surface area contributed by atoms with Gasteiger partial charge in [0.05, 0.1) is 18.3 Å². The van der Waals surface area contributed by atoms with Crippen molar-refractivity contribution in [3.05, 3.63) is 112 Å². The van der Waals surface area contributed by atoms with Crippen molar-refractivity contribution in [2.75, 3.05) is 0 Å². The molecule has 0 spiro atoms. The molecule has 0 saturated carbocycles. The van der Waals surface area contributed by atoms with Crippen LogP contribution in [0.4, 0.5) is 22.0 Å². The highest BCUT2D eigenvalue weighted by molar-refractivity contribution is 7.15. The molecular formula is C31H29F5O2S. The van der Waals surface area contributed by atoms with Gasteiger partial charge in [0.1, 0.15) is 5.60 Å². The van der Waals surface area contributed by atoms with E-state index in [2.05, 4.69) is 0 Å². The van der Waals surface area contributed by atoms with Crippen molar-refractivity contribution in [2.45, 2.75) is 58.1 Å². The number of halogens is 5. The number of hydrogen-bond acceptors (Lipinski definition) is 3. The number of alkyl halides is 3. The fourth-order valence-corrected chi connectivity index (χ4v) is 5.14. The summed E-state index contributed by atoms with van der Waals surface area (Å²) in [5.41, 5.74) is 0.447. The standard InChI is InChI=1S/C31H29F5O2S/c1-30(2,3)38-25-16-12-22(28(32)29(25)33)11-15-24(37-19-20-7-5-4-6-8-20)27-18-17-26(39-27)21-9-13-23(14-10-21)31(34,35)36/h4-10,12-14,16-18,24H,11,15,19H2,1-3H3. The van der Waals surface area contributed by atoms with Crippen molar-refractivity contribution in [3.63, 3.8) is 0 Å². The smallest absolute Gasteiger partial charge is 0.416 e. The molecule has 0 radical (unpaired) electrons. The molecule has 3 aromatic carbocycles. The minimum Gasteiger partial charge on any atom is -0.485 e. The molecule has 1 atom stereocenters. The Morgan fingerprint density at radius 1 is 0.795 bits per heavy atom. The van der Waals surface area contributed by atoms with Crippen LogP contribution in [0.1, 0.15) is 54.9 Å². The molecule has 4 aromatic rings. The number of hydrogen-bond donors (Lipinski definition) is 0. The van der Waals surface area contributed by atoms with Gasteiger partial charge in [-0.15, -0.1) is 11.3 Å². The van der Waals surface area contributed by atoms with E-state index in [1.807, 2.05) is 42.5 Å². The van der Waals surface area contributed by atoms with Crippen LogP contribution in [0.15, 0.2) is 78.9 Å². The zero-order valence-corrected chi connectivity index (χ0v) is 22.6. The molecule has 1 aromatic heterocycles. The molecule has 1 heterocycles. The van der Waals surface area contributed by atoms with Gasteiger partial charge in [-0.3, -0.25) is 0 Å². The van der Waals surface area contributed by atoms with Gasteiger partial charge in [-0.1, -0.05) is 48.5 Å². The van der Waals surface area contributed by atoms with E-state index in [1.165, 1.54) is 35.6 Å². The Labute approximate surface area is 229 Å². The largest absolute Gasteiger partial charge is 0.485 e. The van der Waals surface area contributed by atoms with Crippen LogP contribution >= 0.6 is 11.3 Å². The van der Waals surface area contributed by atoms with E-state index in [1.54, 1.807) is 20.8 Å². The van der Waals surface area contributed by atoms with Crippen LogP contribution in [0, 0.1) is 11.6 Å². The van der Waals surface area contributed by atoms with Gasteiger partial charge in [0.15, 0.2) is 11.6 Å². The van der Waals surface area contributed by atoms with Crippen molar-refractivity contribution >= 4 is 11.3 Å². The second-order valence-corrected chi connectivity index (χ2v) is 11.3. The summed E-state index contributed by atoms with van der Waals surface area (Å²) in [6.45, 7) is 5.58. The van der Waals surface area contributed by atoms with Gasteiger partial charge < -0.3 is 9.47 Å². The number of rotatable bonds is 9. The summed E-state index contributed by atoms with van der Waals surface area (Å²) < 4.78 is 80.2. The predicted octanol–water partition coefficient (Wildman–Crippen LogP) is 9.78.